The zero-order chi connectivity index (χ0) is 18.9. The highest BCUT2D eigenvalue weighted by molar-refractivity contribution is 9.11. The molecule has 1 unspecified atom stereocenters. The molecule has 0 spiro atoms. The van der Waals surface area contributed by atoms with E-state index in [9.17, 15) is 9.47 Å². The van der Waals surface area contributed by atoms with E-state index in [-0.39, 0.29) is 0 Å². The Labute approximate surface area is 170 Å². The van der Waals surface area contributed by atoms with Crippen molar-refractivity contribution in [2.45, 2.75) is 57.2 Å². The van der Waals surface area contributed by atoms with Crippen molar-refractivity contribution < 1.29 is 8.95 Å². The normalized spacial score (nSPS) is 24.7. The summed E-state index contributed by atoms with van der Waals surface area (Å²) in [6.07, 6.45) is 2.06. The van der Waals surface area contributed by atoms with E-state index < -0.39 is 26.7 Å². The van der Waals surface area contributed by atoms with Crippen molar-refractivity contribution in [1.29, 1.82) is 5.26 Å². The van der Waals surface area contributed by atoms with Crippen molar-refractivity contribution in [3.63, 3.8) is 0 Å². The van der Waals surface area contributed by atoms with Gasteiger partial charge in [-0.2, -0.15) is 5.26 Å². The summed E-state index contributed by atoms with van der Waals surface area (Å²) in [5.74, 6) is 0. The van der Waals surface area contributed by atoms with Crippen LogP contribution in [0.1, 0.15) is 51.8 Å². The molecule has 1 N–H and O–H groups in total. The van der Waals surface area contributed by atoms with Gasteiger partial charge >= 0.3 is 0 Å². The highest BCUT2D eigenvalue weighted by atomic mass is 79.9. The molecule has 0 amide bonds. The van der Waals surface area contributed by atoms with E-state index in [0.29, 0.717) is 31.1 Å². The fourth-order valence-corrected chi connectivity index (χ4v) is 5.96. The van der Waals surface area contributed by atoms with Gasteiger partial charge in [0, 0.05) is 11.5 Å². The molecule has 0 saturated carbocycles. The number of nitrogens with zero attached hydrogens (tertiary/aromatic N) is 1. The molecule has 2 rings (SSSR count). The van der Waals surface area contributed by atoms with Crippen molar-refractivity contribution in [1.82, 2.24) is 4.72 Å². The molecule has 1 saturated heterocycles. The van der Waals surface area contributed by atoms with Crippen LogP contribution >= 0.6 is 38.9 Å². The van der Waals surface area contributed by atoms with Gasteiger partial charge in [-0.25, -0.2) is 8.93 Å². The molecule has 1 aromatic rings. The molecule has 1 aliphatic rings. The van der Waals surface area contributed by atoms with Crippen molar-refractivity contribution in [3.05, 3.63) is 19.8 Å². The Balaban J connectivity index is 2.30. The number of thiophene rings is 1. The lowest BCUT2D eigenvalue weighted by Crippen LogP contribution is -2.46. The summed E-state index contributed by atoms with van der Waals surface area (Å²) in [7, 11) is -1.26. The van der Waals surface area contributed by atoms with E-state index in [2.05, 4.69) is 26.7 Å². The van der Waals surface area contributed by atoms with Crippen LogP contribution in [0.5, 0.6) is 0 Å². The predicted molar refractivity (Wildman–Crippen MR) is 108 cm³/mol. The van der Waals surface area contributed by atoms with Crippen molar-refractivity contribution >= 4 is 49.9 Å². The first-order chi connectivity index (χ1) is 11.5. The molecule has 8 heteroatoms. The average molecular weight is 468 g/mol. The standard InChI is InChI=1S/C17H24BrClN2O2S2/c1-15(2,3)25(22)21-16(4,14-12(19)9-13(18)24-14)5-6-17(10-20)7-8-23-11-17/h9,21H,5-8,11H2,1-4H3/t16-,17?,25+/m0/s1. The first kappa shape index (κ1) is 21.3. The molecule has 0 bridgehead atoms. The summed E-state index contributed by atoms with van der Waals surface area (Å²) in [5, 5.41) is 10.3. The van der Waals surface area contributed by atoms with Gasteiger partial charge in [-0.3, -0.25) is 0 Å². The first-order valence-electron chi connectivity index (χ1n) is 8.15. The van der Waals surface area contributed by atoms with Crippen LogP contribution in [0.4, 0.5) is 0 Å². The number of ether oxygens (including phenoxy) is 1. The molecule has 2 heterocycles. The number of nitriles is 1. The Morgan fingerprint density at radius 1 is 1.52 bits per heavy atom. The van der Waals surface area contributed by atoms with Crippen LogP contribution in [0.15, 0.2) is 9.85 Å². The fraction of sp³-hybridized carbons (Fsp3) is 0.706. The Morgan fingerprint density at radius 3 is 2.64 bits per heavy atom. The second kappa shape index (κ2) is 7.95. The number of nitrogens with one attached hydrogen (secondary N) is 1. The van der Waals surface area contributed by atoms with Crippen molar-refractivity contribution in [2.75, 3.05) is 13.2 Å². The second-order valence-electron chi connectivity index (χ2n) is 7.74. The van der Waals surface area contributed by atoms with E-state index in [1.807, 2.05) is 33.8 Å². The maximum atomic E-state index is 12.8. The molecule has 1 aliphatic heterocycles. The highest BCUT2D eigenvalue weighted by Gasteiger charge is 2.41. The van der Waals surface area contributed by atoms with Gasteiger partial charge in [-0.1, -0.05) is 11.6 Å². The van der Waals surface area contributed by atoms with Crippen LogP contribution in [0.2, 0.25) is 5.02 Å². The average Bonchev–Trinajstić information content (AvgIpc) is 3.11. The SMILES string of the molecule is CC(C)(C)[S@@](=O)N[C@@](C)(CCC1(C#N)CCOC1)c1sc(Br)cc1Cl. The molecule has 1 aromatic heterocycles. The number of halogens is 2. The fourth-order valence-electron chi connectivity index (χ4n) is 2.72. The third-order valence-electron chi connectivity index (χ3n) is 4.48. The maximum Gasteiger partial charge on any atom is 0.0978 e. The van der Waals surface area contributed by atoms with E-state index >= 15 is 0 Å². The molecule has 0 aliphatic carbocycles. The van der Waals surface area contributed by atoms with Crippen LogP contribution in [0.3, 0.4) is 0 Å². The second-order valence-corrected chi connectivity index (χ2v) is 12.5. The highest BCUT2D eigenvalue weighted by Crippen LogP contribution is 2.44. The van der Waals surface area contributed by atoms with Crippen molar-refractivity contribution in [3.8, 4) is 6.07 Å². The van der Waals surface area contributed by atoms with E-state index in [4.69, 9.17) is 16.3 Å². The van der Waals surface area contributed by atoms with Gasteiger partial charge in [0.15, 0.2) is 0 Å². The minimum Gasteiger partial charge on any atom is -0.380 e. The summed E-state index contributed by atoms with van der Waals surface area (Å²) >= 11 is 11.5. The van der Waals surface area contributed by atoms with Crippen LogP contribution in [0, 0.1) is 16.7 Å². The first-order valence-corrected chi connectivity index (χ1v) is 11.3. The number of rotatable bonds is 6. The quantitative estimate of drug-likeness (QED) is 0.630. The van der Waals surface area contributed by atoms with Gasteiger partial charge in [0.2, 0.25) is 0 Å². The molecule has 3 atom stereocenters. The maximum absolute atomic E-state index is 12.8. The summed E-state index contributed by atoms with van der Waals surface area (Å²) in [6.45, 7) is 8.90. The molecule has 4 nitrogen and oxygen atoms in total. The van der Waals surface area contributed by atoms with Gasteiger partial charge in [0.05, 0.1) is 48.2 Å². The Hall–Kier alpha value is 0.0300. The van der Waals surface area contributed by atoms with Crippen molar-refractivity contribution in [2.24, 2.45) is 5.41 Å². The predicted octanol–water partition coefficient (Wildman–Crippen LogP) is 5.14. The molecular weight excluding hydrogens is 444 g/mol. The molecule has 0 radical (unpaired) electrons. The van der Waals surface area contributed by atoms with Gasteiger partial charge in [0.1, 0.15) is 0 Å². The summed E-state index contributed by atoms with van der Waals surface area (Å²) in [4.78, 5) is 0.936. The van der Waals surface area contributed by atoms with E-state index in [1.165, 1.54) is 11.3 Å². The molecular formula is C17H24BrClN2O2S2. The van der Waals surface area contributed by atoms with Gasteiger partial charge < -0.3 is 4.74 Å². The lowest BCUT2D eigenvalue weighted by molar-refractivity contribution is 0.163. The summed E-state index contributed by atoms with van der Waals surface area (Å²) in [6, 6.07) is 4.30. The topological polar surface area (TPSA) is 62.1 Å². The zero-order valence-electron chi connectivity index (χ0n) is 14.9. The molecule has 25 heavy (non-hydrogen) atoms. The molecule has 1 fully saturated rings. The van der Waals surface area contributed by atoms with E-state index in [1.54, 1.807) is 0 Å². The minimum atomic E-state index is -1.26. The Bertz CT molecular complexity index is 690. The smallest absolute Gasteiger partial charge is 0.0978 e. The summed E-state index contributed by atoms with van der Waals surface area (Å²) < 4.78 is 22.1. The Kier molecular flexibility index (Phi) is 6.79. The monoisotopic (exact) mass is 466 g/mol. The number of hydrogen-bond acceptors (Lipinski definition) is 4. The molecule has 140 valence electrons. The van der Waals surface area contributed by atoms with Crippen LogP contribution < -0.4 is 4.72 Å². The lowest BCUT2D eigenvalue weighted by Gasteiger charge is -2.35. The largest absolute Gasteiger partial charge is 0.380 e. The third-order valence-corrected chi connectivity index (χ3v) is 8.54. The minimum absolute atomic E-state index is 0.397. The third kappa shape index (κ3) is 5.06. The zero-order valence-corrected chi connectivity index (χ0v) is 18.9. The molecule has 0 aromatic carbocycles. The van der Waals surface area contributed by atoms with Crippen LogP contribution in [-0.4, -0.2) is 22.2 Å². The van der Waals surface area contributed by atoms with Gasteiger partial charge in [0.25, 0.3) is 0 Å². The van der Waals surface area contributed by atoms with Crippen LogP contribution in [-0.2, 0) is 21.3 Å². The Morgan fingerprint density at radius 2 is 2.20 bits per heavy atom. The summed E-state index contributed by atoms with van der Waals surface area (Å²) in [5.41, 5.74) is -1.05. The van der Waals surface area contributed by atoms with Crippen LogP contribution in [0.25, 0.3) is 0 Å². The lowest BCUT2D eigenvalue weighted by atomic mass is 9.80. The van der Waals surface area contributed by atoms with Gasteiger partial charge in [-0.15, -0.1) is 11.3 Å². The van der Waals surface area contributed by atoms with E-state index in [0.717, 1.165) is 15.1 Å². The number of hydrogen-bond donors (Lipinski definition) is 1. The van der Waals surface area contributed by atoms with Gasteiger partial charge in [-0.05, 0) is 69.0 Å².